The zero-order chi connectivity index (χ0) is 13.4. The second-order valence-corrected chi connectivity index (χ2v) is 5.66. The summed E-state index contributed by atoms with van der Waals surface area (Å²) in [6.45, 7) is 0. The molecule has 1 aromatic carbocycles. The van der Waals surface area contributed by atoms with Crippen molar-refractivity contribution in [2.24, 2.45) is 5.73 Å². The molecule has 2 saturated heterocycles. The summed E-state index contributed by atoms with van der Waals surface area (Å²) in [5, 5.41) is 8.81. The Morgan fingerprint density at radius 2 is 1.95 bits per heavy atom. The van der Waals surface area contributed by atoms with Gasteiger partial charge in [-0.3, -0.25) is 0 Å². The average Bonchev–Trinajstić information content (AvgIpc) is 2.38. The number of fused-ring (bicyclic) bond motifs is 2. The summed E-state index contributed by atoms with van der Waals surface area (Å²) in [5.74, 6) is -0.286. The van der Waals surface area contributed by atoms with Crippen LogP contribution in [0.1, 0.15) is 37.7 Å². The molecule has 2 unspecified atom stereocenters. The standard InChI is InChI=1S/C15H18FN3/c16-14-6-10(9-17)4-5-15(14)19-12-2-1-3-13(19)8-11(18)7-12/h4-6,11-13H,1-3,7-8,18H2. The SMILES string of the molecule is N#Cc1ccc(N2C3CCCC2CC(N)C3)c(F)c1. The van der Waals surface area contributed by atoms with Gasteiger partial charge in [0.15, 0.2) is 0 Å². The van der Waals surface area contributed by atoms with Gasteiger partial charge in [0.25, 0.3) is 0 Å². The molecule has 4 heteroatoms. The van der Waals surface area contributed by atoms with Gasteiger partial charge in [-0.25, -0.2) is 4.39 Å². The van der Waals surface area contributed by atoms with E-state index in [2.05, 4.69) is 4.90 Å². The van der Waals surface area contributed by atoms with Gasteiger partial charge in [0.1, 0.15) is 5.82 Å². The quantitative estimate of drug-likeness (QED) is 0.843. The second-order valence-electron chi connectivity index (χ2n) is 5.66. The molecule has 0 aliphatic carbocycles. The first kappa shape index (κ1) is 12.4. The highest BCUT2D eigenvalue weighted by atomic mass is 19.1. The third-order valence-electron chi connectivity index (χ3n) is 4.37. The van der Waals surface area contributed by atoms with Gasteiger partial charge in [-0.15, -0.1) is 0 Å². The maximum absolute atomic E-state index is 14.2. The topological polar surface area (TPSA) is 53.0 Å². The highest BCUT2D eigenvalue weighted by molar-refractivity contribution is 5.53. The third-order valence-corrected chi connectivity index (χ3v) is 4.37. The Morgan fingerprint density at radius 3 is 2.53 bits per heavy atom. The van der Waals surface area contributed by atoms with E-state index in [1.165, 1.54) is 12.5 Å². The van der Waals surface area contributed by atoms with Crippen LogP contribution in [0.4, 0.5) is 10.1 Å². The molecule has 3 nitrogen and oxygen atoms in total. The summed E-state index contributed by atoms with van der Waals surface area (Å²) in [4.78, 5) is 2.21. The predicted molar refractivity (Wildman–Crippen MR) is 72.2 cm³/mol. The minimum absolute atomic E-state index is 0.244. The maximum Gasteiger partial charge on any atom is 0.147 e. The maximum atomic E-state index is 14.2. The Hall–Kier alpha value is -1.60. The number of piperidine rings is 2. The number of nitrogens with two attached hydrogens (primary N) is 1. The van der Waals surface area contributed by atoms with Gasteiger partial charge in [0.05, 0.1) is 17.3 Å². The molecule has 0 radical (unpaired) electrons. The van der Waals surface area contributed by atoms with E-state index in [1.54, 1.807) is 12.1 Å². The van der Waals surface area contributed by atoms with Crippen molar-refractivity contribution in [2.45, 2.75) is 50.2 Å². The van der Waals surface area contributed by atoms with Gasteiger partial charge in [-0.05, 0) is 50.3 Å². The lowest BCUT2D eigenvalue weighted by Crippen LogP contribution is -2.55. The molecule has 2 atom stereocenters. The molecule has 1 aromatic rings. The smallest absolute Gasteiger partial charge is 0.147 e. The first-order chi connectivity index (χ1) is 9.19. The van der Waals surface area contributed by atoms with Crippen LogP contribution in [0.15, 0.2) is 18.2 Å². The Bertz CT molecular complexity index is 509. The molecular formula is C15H18FN3. The van der Waals surface area contributed by atoms with E-state index in [0.29, 0.717) is 23.3 Å². The van der Waals surface area contributed by atoms with Gasteiger partial charge in [0, 0.05) is 18.1 Å². The molecule has 2 fully saturated rings. The van der Waals surface area contributed by atoms with E-state index in [9.17, 15) is 4.39 Å². The number of nitrogens with zero attached hydrogens (tertiary/aromatic N) is 2. The summed E-state index contributed by atoms with van der Waals surface area (Å²) in [6.07, 6.45) is 5.26. The summed E-state index contributed by atoms with van der Waals surface area (Å²) < 4.78 is 14.2. The fraction of sp³-hybridized carbons (Fsp3) is 0.533. The molecule has 3 rings (SSSR count). The summed E-state index contributed by atoms with van der Waals surface area (Å²) in [6, 6.07) is 7.70. The van der Waals surface area contributed by atoms with Crippen LogP contribution in [0.5, 0.6) is 0 Å². The lowest BCUT2D eigenvalue weighted by Gasteiger charge is -2.49. The zero-order valence-electron chi connectivity index (χ0n) is 10.8. The van der Waals surface area contributed by atoms with Gasteiger partial charge in [-0.1, -0.05) is 0 Å². The number of hydrogen-bond acceptors (Lipinski definition) is 3. The number of halogens is 1. The summed E-state index contributed by atoms with van der Waals surface area (Å²) >= 11 is 0. The first-order valence-electron chi connectivity index (χ1n) is 6.92. The van der Waals surface area contributed by atoms with Crippen molar-refractivity contribution in [3.05, 3.63) is 29.6 Å². The van der Waals surface area contributed by atoms with Gasteiger partial charge < -0.3 is 10.6 Å². The third kappa shape index (κ3) is 2.19. The highest BCUT2D eigenvalue weighted by Gasteiger charge is 2.38. The number of hydrogen-bond donors (Lipinski definition) is 1. The van der Waals surface area contributed by atoms with E-state index >= 15 is 0 Å². The lowest BCUT2D eigenvalue weighted by atomic mass is 9.81. The number of nitriles is 1. The summed E-state index contributed by atoms with van der Waals surface area (Å²) in [7, 11) is 0. The fourth-order valence-electron chi connectivity index (χ4n) is 3.60. The molecule has 0 aromatic heterocycles. The largest absolute Gasteiger partial charge is 0.363 e. The van der Waals surface area contributed by atoms with Crippen molar-refractivity contribution >= 4 is 5.69 Å². The highest BCUT2D eigenvalue weighted by Crippen LogP contribution is 2.38. The van der Waals surface area contributed by atoms with E-state index in [1.807, 2.05) is 6.07 Å². The Kier molecular flexibility index (Phi) is 3.16. The first-order valence-corrected chi connectivity index (χ1v) is 6.92. The van der Waals surface area contributed by atoms with Crippen LogP contribution in [0.2, 0.25) is 0 Å². The van der Waals surface area contributed by atoms with Crippen LogP contribution in [0.25, 0.3) is 0 Å². The van der Waals surface area contributed by atoms with E-state index in [4.69, 9.17) is 11.0 Å². The van der Waals surface area contributed by atoms with Crippen molar-refractivity contribution < 1.29 is 4.39 Å². The van der Waals surface area contributed by atoms with Crippen molar-refractivity contribution in [3.63, 3.8) is 0 Å². The second kappa shape index (κ2) is 4.82. The van der Waals surface area contributed by atoms with E-state index in [-0.39, 0.29) is 11.9 Å². The normalized spacial score (nSPS) is 29.9. The monoisotopic (exact) mass is 259 g/mol. The minimum atomic E-state index is -0.286. The van der Waals surface area contributed by atoms with Crippen molar-refractivity contribution in [3.8, 4) is 6.07 Å². The average molecular weight is 259 g/mol. The van der Waals surface area contributed by atoms with Crippen LogP contribution in [-0.4, -0.2) is 18.1 Å². The fourth-order valence-corrected chi connectivity index (χ4v) is 3.60. The molecule has 0 saturated carbocycles. The van der Waals surface area contributed by atoms with Crippen molar-refractivity contribution in [1.29, 1.82) is 5.26 Å². The minimum Gasteiger partial charge on any atom is -0.363 e. The molecule has 0 amide bonds. The molecule has 2 N–H and O–H groups in total. The van der Waals surface area contributed by atoms with Crippen LogP contribution >= 0.6 is 0 Å². The van der Waals surface area contributed by atoms with Crippen LogP contribution in [0.3, 0.4) is 0 Å². The Balaban J connectivity index is 1.95. The number of benzene rings is 1. The Morgan fingerprint density at radius 1 is 1.26 bits per heavy atom. The predicted octanol–water partition coefficient (Wildman–Crippen LogP) is 2.55. The molecule has 100 valence electrons. The van der Waals surface area contributed by atoms with Crippen molar-refractivity contribution in [1.82, 2.24) is 0 Å². The van der Waals surface area contributed by atoms with E-state index in [0.717, 1.165) is 25.7 Å². The van der Waals surface area contributed by atoms with E-state index < -0.39 is 0 Å². The van der Waals surface area contributed by atoms with Crippen LogP contribution in [0, 0.1) is 17.1 Å². The number of anilines is 1. The zero-order valence-corrected chi connectivity index (χ0v) is 10.8. The summed E-state index contributed by atoms with van der Waals surface area (Å²) in [5.41, 5.74) is 7.10. The van der Waals surface area contributed by atoms with Crippen LogP contribution < -0.4 is 10.6 Å². The van der Waals surface area contributed by atoms with Crippen molar-refractivity contribution in [2.75, 3.05) is 4.90 Å². The molecule has 2 heterocycles. The molecule has 2 bridgehead atoms. The van der Waals surface area contributed by atoms with Gasteiger partial charge >= 0.3 is 0 Å². The lowest BCUT2D eigenvalue weighted by molar-refractivity contribution is 0.269. The Labute approximate surface area is 112 Å². The van der Waals surface area contributed by atoms with Crippen LogP contribution in [-0.2, 0) is 0 Å². The molecule has 2 aliphatic rings. The molecule has 19 heavy (non-hydrogen) atoms. The molecular weight excluding hydrogens is 241 g/mol. The molecule has 2 aliphatic heterocycles. The number of rotatable bonds is 1. The van der Waals surface area contributed by atoms with Gasteiger partial charge in [0.2, 0.25) is 0 Å². The van der Waals surface area contributed by atoms with Gasteiger partial charge in [-0.2, -0.15) is 5.26 Å². The molecule has 0 spiro atoms.